The minimum absolute atomic E-state index is 0.296. The number of ether oxygens (including phenoxy) is 2. The van der Waals surface area contributed by atoms with Gasteiger partial charge in [-0.25, -0.2) is 5.43 Å². The van der Waals surface area contributed by atoms with E-state index in [9.17, 15) is 4.79 Å². The molecule has 29 heavy (non-hydrogen) atoms. The van der Waals surface area contributed by atoms with Crippen molar-refractivity contribution in [1.29, 1.82) is 0 Å². The van der Waals surface area contributed by atoms with E-state index in [2.05, 4.69) is 31.4 Å². The summed E-state index contributed by atoms with van der Waals surface area (Å²) < 4.78 is 12.0. The second-order valence-corrected chi connectivity index (χ2v) is 7.11. The number of hydrogen-bond donors (Lipinski definition) is 1. The zero-order valence-corrected chi connectivity index (χ0v) is 17.8. The summed E-state index contributed by atoms with van der Waals surface area (Å²) in [5.41, 5.74) is 4.53. The number of benzene rings is 2. The van der Waals surface area contributed by atoms with E-state index in [1.54, 1.807) is 37.7 Å². The standard InChI is InChI=1S/C21H17BrClN3O3/c1-28-19-11-14(12-25-26-21(27)15-6-8-24-9-7-15)10-17(22)20(19)29-13-16-4-2-3-5-18(16)23/h2-12H,13H2,1H3,(H,26,27). The quantitative estimate of drug-likeness (QED) is 0.392. The fraction of sp³-hybridized carbons (Fsp3) is 0.0952. The number of carbonyl (C=O) groups is 1. The first-order valence-electron chi connectivity index (χ1n) is 8.55. The molecule has 0 spiro atoms. The molecule has 0 saturated carbocycles. The van der Waals surface area contributed by atoms with Gasteiger partial charge in [-0.1, -0.05) is 29.8 Å². The van der Waals surface area contributed by atoms with Crippen molar-refractivity contribution in [2.24, 2.45) is 5.10 Å². The van der Waals surface area contributed by atoms with Gasteiger partial charge in [0, 0.05) is 28.5 Å². The Labute approximate surface area is 181 Å². The molecule has 1 heterocycles. The zero-order chi connectivity index (χ0) is 20.6. The average molecular weight is 475 g/mol. The fourth-order valence-corrected chi connectivity index (χ4v) is 3.22. The lowest BCUT2D eigenvalue weighted by atomic mass is 10.2. The lowest BCUT2D eigenvalue weighted by molar-refractivity contribution is 0.0955. The molecular formula is C21H17BrClN3O3. The Hall–Kier alpha value is -2.90. The third-order valence-electron chi connectivity index (χ3n) is 3.90. The number of pyridine rings is 1. The van der Waals surface area contributed by atoms with Gasteiger partial charge >= 0.3 is 0 Å². The summed E-state index contributed by atoms with van der Waals surface area (Å²) in [4.78, 5) is 15.9. The number of nitrogens with one attached hydrogen (secondary N) is 1. The molecule has 148 valence electrons. The number of nitrogens with zero attached hydrogens (tertiary/aromatic N) is 2. The zero-order valence-electron chi connectivity index (χ0n) is 15.4. The predicted molar refractivity (Wildman–Crippen MR) is 116 cm³/mol. The molecule has 6 nitrogen and oxygen atoms in total. The Kier molecular flexibility index (Phi) is 7.21. The van der Waals surface area contributed by atoms with E-state index in [0.29, 0.717) is 38.7 Å². The van der Waals surface area contributed by atoms with Crippen molar-refractivity contribution in [3.8, 4) is 11.5 Å². The monoisotopic (exact) mass is 473 g/mol. The highest BCUT2D eigenvalue weighted by Crippen LogP contribution is 2.37. The average Bonchev–Trinajstić information content (AvgIpc) is 2.74. The Morgan fingerprint density at radius 1 is 1.24 bits per heavy atom. The minimum atomic E-state index is -0.325. The molecule has 8 heteroatoms. The van der Waals surface area contributed by atoms with Gasteiger partial charge in [0.1, 0.15) is 6.61 Å². The second kappa shape index (κ2) is 10.0. The van der Waals surface area contributed by atoms with Crippen molar-refractivity contribution < 1.29 is 14.3 Å². The van der Waals surface area contributed by atoms with Crippen LogP contribution in [0.1, 0.15) is 21.5 Å². The third kappa shape index (κ3) is 5.56. The lowest BCUT2D eigenvalue weighted by Crippen LogP contribution is -2.17. The molecule has 2 aromatic carbocycles. The molecule has 0 saturated heterocycles. The van der Waals surface area contributed by atoms with Gasteiger partial charge in [0.05, 0.1) is 17.8 Å². The van der Waals surface area contributed by atoms with Gasteiger partial charge in [0.15, 0.2) is 11.5 Å². The van der Waals surface area contributed by atoms with Gasteiger partial charge in [0.25, 0.3) is 5.91 Å². The SMILES string of the molecule is COc1cc(C=NNC(=O)c2ccncc2)cc(Br)c1OCc1ccccc1Cl. The minimum Gasteiger partial charge on any atom is -0.493 e. The van der Waals surface area contributed by atoms with E-state index in [0.717, 1.165) is 5.56 Å². The van der Waals surface area contributed by atoms with Crippen LogP contribution in [0.2, 0.25) is 5.02 Å². The van der Waals surface area contributed by atoms with Crippen molar-refractivity contribution >= 4 is 39.7 Å². The summed E-state index contributed by atoms with van der Waals surface area (Å²) in [6.45, 7) is 0.296. The van der Waals surface area contributed by atoms with Gasteiger partial charge in [-0.3, -0.25) is 9.78 Å². The molecule has 0 fully saturated rings. The van der Waals surface area contributed by atoms with E-state index in [-0.39, 0.29) is 5.91 Å². The van der Waals surface area contributed by atoms with Crippen molar-refractivity contribution in [1.82, 2.24) is 10.4 Å². The van der Waals surface area contributed by atoms with Crippen molar-refractivity contribution in [3.63, 3.8) is 0 Å². The van der Waals surface area contributed by atoms with Gasteiger partial charge < -0.3 is 9.47 Å². The summed E-state index contributed by atoms with van der Waals surface area (Å²) in [7, 11) is 1.55. The van der Waals surface area contributed by atoms with Crippen molar-refractivity contribution in [2.75, 3.05) is 7.11 Å². The summed E-state index contributed by atoms with van der Waals surface area (Å²) in [5, 5.41) is 4.63. The summed E-state index contributed by atoms with van der Waals surface area (Å²) in [6, 6.07) is 14.3. The van der Waals surface area contributed by atoms with Crippen molar-refractivity contribution in [2.45, 2.75) is 6.61 Å². The van der Waals surface area contributed by atoms with Crippen LogP contribution in [-0.4, -0.2) is 24.2 Å². The highest BCUT2D eigenvalue weighted by atomic mass is 79.9. The molecule has 0 unspecified atom stereocenters. The van der Waals surface area contributed by atoms with Gasteiger partial charge in [-0.2, -0.15) is 5.10 Å². The van der Waals surface area contributed by atoms with Crippen LogP contribution in [-0.2, 0) is 6.61 Å². The highest BCUT2D eigenvalue weighted by Gasteiger charge is 2.12. The van der Waals surface area contributed by atoms with E-state index in [1.807, 2.05) is 30.3 Å². The highest BCUT2D eigenvalue weighted by molar-refractivity contribution is 9.10. The summed E-state index contributed by atoms with van der Waals surface area (Å²) >= 11 is 9.67. The Morgan fingerprint density at radius 3 is 2.72 bits per heavy atom. The number of hydrazone groups is 1. The first kappa shape index (κ1) is 20.8. The Bertz CT molecular complexity index is 1030. The fourth-order valence-electron chi connectivity index (χ4n) is 2.45. The molecule has 0 radical (unpaired) electrons. The number of hydrogen-bond acceptors (Lipinski definition) is 5. The van der Waals surface area contributed by atoms with E-state index >= 15 is 0 Å². The van der Waals surface area contributed by atoms with Crippen LogP contribution >= 0.6 is 27.5 Å². The molecule has 1 amide bonds. The van der Waals surface area contributed by atoms with E-state index < -0.39 is 0 Å². The van der Waals surface area contributed by atoms with Crippen LogP contribution in [0.25, 0.3) is 0 Å². The first-order valence-corrected chi connectivity index (χ1v) is 9.72. The molecular weight excluding hydrogens is 458 g/mol. The molecule has 0 aliphatic rings. The van der Waals surface area contributed by atoms with E-state index in [1.165, 1.54) is 6.21 Å². The summed E-state index contributed by atoms with van der Waals surface area (Å²) in [6.07, 6.45) is 4.61. The van der Waals surface area contributed by atoms with Crippen molar-refractivity contribution in [3.05, 3.63) is 87.1 Å². The largest absolute Gasteiger partial charge is 0.493 e. The molecule has 0 aliphatic carbocycles. The number of amides is 1. The smallest absolute Gasteiger partial charge is 0.271 e. The molecule has 1 N–H and O–H groups in total. The molecule has 0 bridgehead atoms. The number of carbonyl (C=O) groups excluding carboxylic acids is 1. The van der Waals surface area contributed by atoms with E-state index in [4.69, 9.17) is 21.1 Å². The summed E-state index contributed by atoms with van der Waals surface area (Å²) in [5.74, 6) is 0.744. The Morgan fingerprint density at radius 2 is 2.00 bits per heavy atom. The predicted octanol–water partition coefficient (Wildman–Crippen LogP) is 4.85. The van der Waals surface area contributed by atoms with Crippen LogP contribution in [0, 0.1) is 0 Å². The number of methoxy groups -OCH3 is 1. The number of rotatable bonds is 7. The maximum atomic E-state index is 12.0. The normalized spacial score (nSPS) is 10.7. The van der Waals surface area contributed by atoms with Crippen LogP contribution in [0.15, 0.2) is 70.5 Å². The molecule has 0 atom stereocenters. The topological polar surface area (TPSA) is 72.8 Å². The molecule has 0 aliphatic heterocycles. The maximum Gasteiger partial charge on any atom is 0.271 e. The number of halogens is 2. The van der Waals surface area contributed by atoms with Crippen LogP contribution in [0.4, 0.5) is 0 Å². The Balaban J connectivity index is 1.70. The van der Waals surface area contributed by atoms with Gasteiger partial charge in [-0.05, 0) is 51.8 Å². The first-order chi connectivity index (χ1) is 14.1. The molecule has 3 aromatic rings. The third-order valence-corrected chi connectivity index (χ3v) is 4.86. The molecule has 3 rings (SSSR count). The van der Waals surface area contributed by atoms with Gasteiger partial charge in [-0.15, -0.1) is 0 Å². The number of aromatic nitrogens is 1. The van der Waals surface area contributed by atoms with Crippen LogP contribution < -0.4 is 14.9 Å². The molecule has 1 aromatic heterocycles. The maximum absolute atomic E-state index is 12.0. The second-order valence-electron chi connectivity index (χ2n) is 5.85. The van der Waals surface area contributed by atoms with Gasteiger partial charge in [0.2, 0.25) is 0 Å². The van der Waals surface area contributed by atoms with Crippen LogP contribution in [0.5, 0.6) is 11.5 Å². The van der Waals surface area contributed by atoms with Crippen LogP contribution in [0.3, 0.4) is 0 Å². The lowest BCUT2D eigenvalue weighted by Gasteiger charge is -2.14.